The number of sulfonamides is 1. The molecule has 2 N–H and O–H groups in total. The maximum absolute atomic E-state index is 11.7. The largest absolute Gasteiger partial charge is 0.326 e. The SMILES string of the molecule is CCC(C)(C(N)CC1CCCN(S(C)(=O)=O)C1)N(C)C. The van der Waals surface area contributed by atoms with Crippen molar-refractivity contribution in [3.05, 3.63) is 0 Å². The van der Waals surface area contributed by atoms with Crippen LogP contribution >= 0.6 is 0 Å². The standard InChI is InChI=1S/C14H31N3O2S/c1-6-14(2,16(3)4)13(15)10-12-8-7-9-17(11-12)20(5,18)19/h12-13H,6-11,15H2,1-5H3. The minimum absolute atomic E-state index is 0.0344. The van der Waals surface area contributed by atoms with E-state index in [2.05, 4.69) is 32.8 Å². The lowest BCUT2D eigenvalue weighted by molar-refractivity contribution is 0.109. The van der Waals surface area contributed by atoms with E-state index in [0.29, 0.717) is 19.0 Å². The maximum Gasteiger partial charge on any atom is 0.211 e. The summed E-state index contributed by atoms with van der Waals surface area (Å²) in [7, 11) is 1.06. The van der Waals surface area contributed by atoms with Crippen molar-refractivity contribution >= 4 is 10.0 Å². The molecular formula is C14H31N3O2S. The van der Waals surface area contributed by atoms with E-state index >= 15 is 0 Å². The summed E-state index contributed by atoms with van der Waals surface area (Å²) in [5.74, 6) is 0.374. The Hall–Kier alpha value is -0.170. The van der Waals surface area contributed by atoms with Crippen molar-refractivity contribution < 1.29 is 8.42 Å². The van der Waals surface area contributed by atoms with Gasteiger partial charge in [-0.05, 0) is 52.6 Å². The maximum atomic E-state index is 11.7. The second-order valence-corrected chi connectivity index (χ2v) is 8.56. The second kappa shape index (κ2) is 6.73. The average Bonchev–Trinajstić information content (AvgIpc) is 2.36. The summed E-state index contributed by atoms with van der Waals surface area (Å²) in [6, 6.07) is 0.0620. The topological polar surface area (TPSA) is 66.6 Å². The van der Waals surface area contributed by atoms with Gasteiger partial charge in [0.2, 0.25) is 10.0 Å². The molecule has 0 radical (unpaired) electrons. The van der Waals surface area contributed by atoms with E-state index in [1.807, 2.05) is 0 Å². The molecule has 3 atom stereocenters. The van der Waals surface area contributed by atoms with Crippen LogP contribution in [0.2, 0.25) is 0 Å². The van der Waals surface area contributed by atoms with Gasteiger partial charge in [0.1, 0.15) is 0 Å². The summed E-state index contributed by atoms with van der Waals surface area (Å²) in [6.45, 7) is 5.63. The third-order valence-electron chi connectivity index (χ3n) is 5.07. The van der Waals surface area contributed by atoms with Crippen molar-refractivity contribution in [3.63, 3.8) is 0 Å². The van der Waals surface area contributed by atoms with Crippen LogP contribution in [-0.4, -0.2) is 62.6 Å². The quantitative estimate of drug-likeness (QED) is 0.798. The Morgan fingerprint density at radius 2 is 2.05 bits per heavy atom. The Balaban J connectivity index is 2.68. The van der Waals surface area contributed by atoms with E-state index in [1.165, 1.54) is 6.26 Å². The fraction of sp³-hybridized carbons (Fsp3) is 1.00. The molecule has 1 fully saturated rings. The van der Waals surface area contributed by atoms with Crippen LogP contribution in [0.5, 0.6) is 0 Å². The molecule has 0 aromatic carbocycles. The van der Waals surface area contributed by atoms with Crippen LogP contribution in [0.3, 0.4) is 0 Å². The molecule has 0 amide bonds. The summed E-state index contributed by atoms with van der Waals surface area (Å²) in [5, 5.41) is 0. The van der Waals surface area contributed by atoms with E-state index < -0.39 is 10.0 Å². The van der Waals surface area contributed by atoms with Crippen molar-refractivity contribution in [1.29, 1.82) is 0 Å². The molecule has 120 valence electrons. The van der Waals surface area contributed by atoms with Gasteiger partial charge in [0.05, 0.1) is 6.26 Å². The molecule has 0 saturated carbocycles. The molecular weight excluding hydrogens is 274 g/mol. The van der Waals surface area contributed by atoms with Crippen LogP contribution in [0.25, 0.3) is 0 Å². The minimum Gasteiger partial charge on any atom is -0.326 e. The van der Waals surface area contributed by atoms with Crippen LogP contribution in [0.4, 0.5) is 0 Å². The molecule has 0 aromatic heterocycles. The van der Waals surface area contributed by atoms with Gasteiger partial charge in [-0.1, -0.05) is 6.92 Å². The molecule has 0 bridgehead atoms. The Morgan fingerprint density at radius 1 is 1.45 bits per heavy atom. The predicted octanol–water partition coefficient (Wildman–Crippen LogP) is 1.11. The lowest BCUT2D eigenvalue weighted by atomic mass is 9.81. The first-order valence-corrected chi connectivity index (χ1v) is 9.34. The number of nitrogens with two attached hydrogens (primary N) is 1. The highest BCUT2D eigenvalue weighted by Crippen LogP contribution is 2.28. The number of nitrogens with zero attached hydrogens (tertiary/aromatic N) is 2. The summed E-state index contributed by atoms with van der Waals surface area (Å²) >= 11 is 0. The number of hydrogen-bond donors (Lipinski definition) is 1. The Bertz CT molecular complexity index is 411. The van der Waals surface area contributed by atoms with Gasteiger partial charge in [0.15, 0.2) is 0 Å². The van der Waals surface area contributed by atoms with Crippen molar-refractivity contribution in [2.75, 3.05) is 33.4 Å². The van der Waals surface area contributed by atoms with E-state index in [4.69, 9.17) is 5.73 Å². The van der Waals surface area contributed by atoms with Crippen molar-refractivity contribution in [2.24, 2.45) is 11.7 Å². The Kier molecular flexibility index (Phi) is 6.01. The molecule has 3 unspecified atom stereocenters. The molecule has 1 aliphatic rings. The lowest BCUT2D eigenvalue weighted by Gasteiger charge is -2.43. The highest BCUT2D eigenvalue weighted by Gasteiger charge is 2.35. The zero-order chi connectivity index (χ0) is 15.6. The van der Waals surface area contributed by atoms with Crippen LogP contribution in [0, 0.1) is 5.92 Å². The summed E-state index contributed by atoms with van der Waals surface area (Å²) in [4.78, 5) is 2.19. The first-order chi connectivity index (χ1) is 9.11. The molecule has 1 rings (SSSR count). The van der Waals surface area contributed by atoms with Gasteiger partial charge >= 0.3 is 0 Å². The van der Waals surface area contributed by atoms with E-state index in [1.54, 1.807) is 4.31 Å². The van der Waals surface area contributed by atoms with Crippen LogP contribution in [0.1, 0.15) is 39.5 Å². The zero-order valence-corrected chi connectivity index (χ0v) is 14.4. The normalized spacial score (nSPS) is 26.4. The van der Waals surface area contributed by atoms with Gasteiger partial charge in [0.25, 0.3) is 0 Å². The third-order valence-corrected chi connectivity index (χ3v) is 6.34. The monoisotopic (exact) mass is 305 g/mol. The number of rotatable bonds is 6. The van der Waals surface area contributed by atoms with Gasteiger partial charge in [-0.25, -0.2) is 12.7 Å². The Labute approximate surface area is 124 Å². The van der Waals surface area contributed by atoms with Gasteiger partial charge in [-0.3, -0.25) is 0 Å². The molecule has 1 saturated heterocycles. The van der Waals surface area contributed by atoms with Crippen LogP contribution < -0.4 is 5.73 Å². The number of likely N-dealkylation sites (N-methyl/N-ethyl adjacent to an activating group) is 1. The van der Waals surface area contributed by atoms with Gasteiger partial charge in [0, 0.05) is 24.7 Å². The minimum atomic E-state index is -3.07. The average molecular weight is 305 g/mol. The molecule has 1 heterocycles. The fourth-order valence-electron chi connectivity index (χ4n) is 3.04. The highest BCUT2D eigenvalue weighted by atomic mass is 32.2. The van der Waals surface area contributed by atoms with Crippen molar-refractivity contribution in [3.8, 4) is 0 Å². The Morgan fingerprint density at radius 3 is 2.50 bits per heavy atom. The first-order valence-electron chi connectivity index (χ1n) is 7.49. The van der Waals surface area contributed by atoms with E-state index in [-0.39, 0.29) is 11.6 Å². The third kappa shape index (κ3) is 4.16. The van der Waals surface area contributed by atoms with Gasteiger partial charge in [-0.2, -0.15) is 0 Å². The fourth-order valence-corrected chi connectivity index (χ4v) is 3.99. The predicted molar refractivity (Wildman–Crippen MR) is 84.1 cm³/mol. The summed E-state index contributed by atoms with van der Waals surface area (Å²) < 4.78 is 24.9. The first kappa shape index (κ1) is 17.9. The molecule has 20 heavy (non-hydrogen) atoms. The van der Waals surface area contributed by atoms with Gasteiger partial charge < -0.3 is 10.6 Å². The van der Waals surface area contributed by atoms with Crippen molar-refractivity contribution in [2.45, 2.75) is 51.1 Å². The molecule has 6 heteroatoms. The lowest BCUT2D eigenvalue weighted by Crippen LogP contribution is -2.56. The smallest absolute Gasteiger partial charge is 0.211 e. The molecule has 0 aromatic rings. The highest BCUT2D eigenvalue weighted by molar-refractivity contribution is 7.88. The summed E-state index contributed by atoms with van der Waals surface area (Å²) in [6.07, 6.45) is 5.19. The number of piperidine rings is 1. The van der Waals surface area contributed by atoms with Crippen LogP contribution in [0.15, 0.2) is 0 Å². The van der Waals surface area contributed by atoms with Crippen molar-refractivity contribution in [1.82, 2.24) is 9.21 Å². The molecule has 5 nitrogen and oxygen atoms in total. The van der Waals surface area contributed by atoms with Crippen LogP contribution in [-0.2, 0) is 10.0 Å². The molecule has 0 aliphatic carbocycles. The number of hydrogen-bond acceptors (Lipinski definition) is 4. The van der Waals surface area contributed by atoms with E-state index in [0.717, 1.165) is 25.7 Å². The van der Waals surface area contributed by atoms with Gasteiger partial charge in [-0.15, -0.1) is 0 Å². The summed E-state index contributed by atoms with van der Waals surface area (Å²) in [5.41, 5.74) is 6.41. The zero-order valence-electron chi connectivity index (χ0n) is 13.6. The second-order valence-electron chi connectivity index (χ2n) is 6.58. The molecule has 1 aliphatic heterocycles. The van der Waals surface area contributed by atoms with E-state index in [9.17, 15) is 8.42 Å². The molecule has 0 spiro atoms.